The highest BCUT2D eigenvalue weighted by Crippen LogP contribution is 2.33. The van der Waals surface area contributed by atoms with Crippen molar-refractivity contribution in [2.75, 3.05) is 6.79 Å². The first-order chi connectivity index (χ1) is 12.5. The quantitative estimate of drug-likeness (QED) is 0.310. The Kier molecular flexibility index (Phi) is 3.69. The third-order valence-corrected chi connectivity index (χ3v) is 3.91. The molecule has 0 aliphatic carbocycles. The summed E-state index contributed by atoms with van der Waals surface area (Å²) in [5.41, 5.74) is -0.245. The second-order valence-corrected chi connectivity index (χ2v) is 5.66. The molecule has 2 heterocycles. The predicted molar refractivity (Wildman–Crippen MR) is 90.0 cm³/mol. The van der Waals surface area contributed by atoms with Crippen LogP contribution >= 0.6 is 0 Å². The first-order valence-corrected chi connectivity index (χ1v) is 7.72. The van der Waals surface area contributed by atoms with E-state index in [1.54, 1.807) is 24.3 Å². The van der Waals surface area contributed by atoms with Crippen molar-refractivity contribution < 1.29 is 28.2 Å². The van der Waals surface area contributed by atoms with Gasteiger partial charge in [0.1, 0.15) is 16.9 Å². The molecule has 7 heteroatoms. The molecule has 0 atom stereocenters. The maximum atomic E-state index is 12.3. The fourth-order valence-electron chi connectivity index (χ4n) is 2.59. The van der Waals surface area contributed by atoms with Gasteiger partial charge in [-0.2, -0.15) is 0 Å². The summed E-state index contributed by atoms with van der Waals surface area (Å²) in [5, 5.41) is 0.553. The fraction of sp³-hybridized carbons (Fsp3) is 0.105. The Morgan fingerprint density at radius 3 is 2.62 bits per heavy atom. The molecule has 0 bridgehead atoms. The van der Waals surface area contributed by atoms with Gasteiger partial charge < -0.3 is 18.6 Å². The summed E-state index contributed by atoms with van der Waals surface area (Å²) < 4.78 is 20.9. The fourth-order valence-corrected chi connectivity index (χ4v) is 2.59. The van der Waals surface area contributed by atoms with Crippen LogP contribution in [0.3, 0.4) is 0 Å². The van der Waals surface area contributed by atoms with E-state index in [-0.39, 0.29) is 29.5 Å². The van der Waals surface area contributed by atoms with Gasteiger partial charge in [-0.3, -0.25) is 4.79 Å². The van der Waals surface area contributed by atoms with Crippen LogP contribution in [-0.2, 0) is 0 Å². The Labute approximate surface area is 146 Å². The molecule has 1 aromatic heterocycles. The zero-order valence-corrected chi connectivity index (χ0v) is 13.6. The van der Waals surface area contributed by atoms with Gasteiger partial charge in [-0.15, -0.1) is 0 Å². The molecular formula is C19H12O7. The number of carbonyl (C=O) groups is 2. The van der Waals surface area contributed by atoms with E-state index < -0.39 is 11.6 Å². The first kappa shape index (κ1) is 15.9. The van der Waals surface area contributed by atoms with Crippen molar-refractivity contribution in [3.8, 4) is 17.2 Å². The zero-order valence-electron chi connectivity index (χ0n) is 13.6. The number of ether oxygens (including phenoxy) is 3. The van der Waals surface area contributed by atoms with Gasteiger partial charge >= 0.3 is 11.6 Å². The minimum Gasteiger partial charge on any atom is -0.454 e. The molecule has 0 fully saturated rings. The van der Waals surface area contributed by atoms with Crippen molar-refractivity contribution in [1.82, 2.24) is 0 Å². The maximum absolute atomic E-state index is 12.3. The lowest BCUT2D eigenvalue weighted by Crippen LogP contribution is -2.11. The molecule has 0 unspecified atom stereocenters. The molecule has 0 saturated carbocycles. The molecule has 1 aliphatic heterocycles. The molecule has 3 aromatic rings. The monoisotopic (exact) mass is 352 g/mol. The Morgan fingerprint density at radius 2 is 1.81 bits per heavy atom. The van der Waals surface area contributed by atoms with Gasteiger partial charge in [0.2, 0.25) is 6.79 Å². The molecule has 2 aromatic carbocycles. The van der Waals surface area contributed by atoms with Crippen LogP contribution in [0.25, 0.3) is 11.0 Å². The summed E-state index contributed by atoms with van der Waals surface area (Å²) >= 11 is 0. The topological polar surface area (TPSA) is 92.0 Å². The van der Waals surface area contributed by atoms with Crippen molar-refractivity contribution in [1.29, 1.82) is 0 Å². The minimum absolute atomic E-state index is 0.0254. The van der Waals surface area contributed by atoms with Gasteiger partial charge in [-0.1, -0.05) is 0 Å². The minimum atomic E-state index is -0.732. The number of carbonyl (C=O) groups excluding carboxylic acids is 2. The maximum Gasteiger partial charge on any atom is 0.347 e. The summed E-state index contributed by atoms with van der Waals surface area (Å²) in [7, 11) is 0. The highest BCUT2D eigenvalue weighted by molar-refractivity contribution is 5.97. The molecule has 26 heavy (non-hydrogen) atoms. The highest BCUT2D eigenvalue weighted by Gasteiger charge is 2.18. The zero-order chi connectivity index (χ0) is 18.3. The molecule has 0 N–H and O–H groups in total. The predicted octanol–water partition coefficient (Wildman–Crippen LogP) is 2.94. The third kappa shape index (κ3) is 2.79. The van der Waals surface area contributed by atoms with Gasteiger partial charge in [-0.25, -0.2) is 9.59 Å². The van der Waals surface area contributed by atoms with Crippen LogP contribution < -0.4 is 19.8 Å². The Hall–Kier alpha value is -3.61. The van der Waals surface area contributed by atoms with E-state index in [0.29, 0.717) is 22.4 Å². The summed E-state index contributed by atoms with van der Waals surface area (Å²) in [6.45, 7) is 1.40. The van der Waals surface area contributed by atoms with Crippen molar-refractivity contribution in [3.63, 3.8) is 0 Å². The molecule has 0 amide bonds. The van der Waals surface area contributed by atoms with Gasteiger partial charge in [0.25, 0.3) is 0 Å². The van der Waals surface area contributed by atoms with Crippen LogP contribution in [0, 0.1) is 0 Å². The summed E-state index contributed by atoms with van der Waals surface area (Å²) in [6.07, 6.45) is 0. The van der Waals surface area contributed by atoms with E-state index in [1.807, 2.05) is 0 Å². The average molecular weight is 352 g/mol. The second-order valence-electron chi connectivity index (χ2n) is 5.66. The van der Waals surface area contributed by atoms with Gasteiger partial charge in [-0.05, 0) is 43.3 Å². The number of hydrogen-bond acceptors (Lipinski definition) is 7. The van der Waals surface area contributed by atoms with Gasteiger partial charge in [0, 0.05) is 11.5 Å². The van der Waals surface area contributed by atoms with E-state index in [1.165, 1.54) is 25.1 Å². The standard InChI is InChI=1S/C19H12O7/c1-10(20)14-6-11-2-4-13(8-16(11)26-19(14)22)25-18(21)12-3-5-15-17(7-12)24-9-23-15/h2-8H,9H2,1H3. The van der Waals surface area contributed by atoms with Crippen molar-refractivity contribution in [2.45, 2.75) is 6.92 Å². The van der Waals surface area contributed by atoms with Crippen LogP contribution in [-0.4, -0.2) is 18.5 Å². The molecule has 0 radical (unpaired) electrons. The van der Waals surface area contributed by atoms with E-state index in [0.717, 1.165) is 0 Å². The number of fused-ring (bicyclic) bond motifs is 2. The summed E-state index contributed by atoms with van der Waals surface area (Å²) in [5.74, 6) is 0.277. The van der Waals surface area contributed by atoms with Crippen LogP contribution in [0.5, 0.6) is 17.2 Å². The van der Waals surface area contributed by atoms with Gasteiger partial charge in [0.05, 0.1) is 5.56 Å². The Bertz CT molecular complexity index is 1110. The number of Topliss-reactive ketones (excluding diaryl/α,β-unsaturated/α-hetero) is 1. The molecule has 130 valence electrons. The van der Waals surface area contributed by atoms with Crippen LogP contribution in [0.15, 0.2) is 51.7 Å². The van der Waals surface area contributed by atoms with Crippen molar-refractivity contribution in [3.05, 3.63) is 64.0 Å². The highest BCUT2D eigenvalue weighted by atomic mass is 16.7. The number of esters is 1. The number of benzene rings is 2. The SMILES string of the molecule is CC(=O)c1cc2ccc(OC(=O)c3ccc4c(c3)OCO4)cc2oc1=O. The molecular weight excluding hydrogens is 340 g/mol. The normalized spacial score (nSPS) is 12.2. The first-order valence-electron chi connectivity index (χ1n) is 7.72. The lowest BCUT2D eigenvalue weighted by molar-refractivity contribution is 0.0734. The van der Waals surface area contributed by atoms with Crippen LogP contribution in [0.2, 0.25) is 0 Å². The van der Waals surface area contributed by atoms with E-state index >= 15 is 0 Å². The van der Waals surface area contributed by atoms with E-state index in [4.69, 9.17) is 18.6 Å². The second kappa shape index (κ2) is 6.03. The third-order valence-electron chi connectivity index (χ3n) is 3.91. The Balaban J connectivity index is 1.62. The largest absolute Gasteiger partial charge is 0.454 e. The van der Waals surface area contributed by atoms with Crippen molar-refractivity contribution in [2.24, 2.45) is 0 Å². The molecule has 1 aliphatic rings. The molecule has 7 nitrogen and oxygen atoms in total. The summed E-state index contributed by atoms with van der Waals surface area (Å²) in [4.78, 5) is 35.5. The van der Waals surface area contributed by atoms with E-state index in [9.17, 15) is 14.4 Å². The lowest BCUT2D eigenvalue weighted by Gasteiger charge is -2.06. The summed E-state index contributed by atoms with van der Waals surface area (Å²) in [6, 6.07) is 10.8. The number of hydrogen-bond donors (Lipinski definition) is 0. The number of rotatable bonds is 3. The molecule has 4 rings (SSSR count). The number of ketones is 1. The average Bonchev–Trinajstić information content (AvgIpc) is 3.08. The molecule has 0 spiro atoms. The Morgan fingerprint density at radius 1 is 1.00 bits per heavy atom. The lowest BCUT2D eigenvalue weighted by atomic mass is 10.1. The molecule has 0 saturated heterocycles. The van der Waals surface area contributed by atoms with Crippen molar-refractivity contribution >= 4 is 22.7 Å². The van der Waals surface area contributed by atoms with E-state index in [2.05, 4.69) is 0 Å². The smallest absolute Gasteiger partial charge is 0.347 e. The van der Waals surface area contributed by atoms with Crippen LogP contribution in [0.4, 0.5) is 0 Å². The van der Waals surface area contributed by atoms with Gasteiger partial charge in [0.15, 0.2) is 17.3 Å². The van der Waals surface area contributed by atoms with Crippen LogP contribution in [0.1, 0.15) is 27.6 Å².